The van der Waals surface area contributed by atoms with Gasteiger partial charge in [-0.25, -0.2) is 10.2 Å². The average molecular weight is 362 g/mol. The fraction of sp³-hybridized carbons (Fsp3) is 0.222. The molecule has 2 N–H and O–H groups in total. The largest absolute Gasteiger partial charge is 0.493 e. The van der Waals surface area contributed by atoms with E-state index in [-0.39, 0.29) is 0 Å². The number of amides is 2. The maximum absolute atomic E-state index is 11.9. The molecule has 6 nitrogen and oxygen atoms in total. The third kappa shape index (κ3) is 5.12. The number of carbonyl (C=O) groups excluding carboxylic acids is 1. The monoisotopic (exact) mass is 361 g/mol. The second-order valence-corrected chi connectivity index (χ2v) is 5.51. The van der Waals surface area contributed by atoms with Crippen LogP contribution in [0.1, 0.15) is 18.1 Å². The first-order valence-corrected chi connectivity index (χ1v) is 8.09. The first-order chi connectivity index (χ1) is 12.0. The number of para-hydroxylation sites is 1. The van der Waals surface area contributed by atoms with Crippen molar-refractivity contribution < 1.29 is 14.3 Å². The van der Waals surface area contributed by atoms with Crippen molar-refractivity contribution in [3.63, 3.8) is 0 Å². The van der Waals surface area contributed by atoms with Gasteiger partial charge in [-0.1, -0.05) is 29.8 Å². The molecule has 0 aliphatic heterocycles. The number of halogens is 1. The van der Waals surface area contributed by atoms with Gasteiger partial charge >= 0.3 is 6.03 Å². The van der Waals surface area contributed by atoms with Crippen LogP contribution in [0.25, 0.3) is 0 Å². The number of hydrogen-bond donors (Lipinski definition) is 2. The molecule has 2 aromatic carbocycles. The minimum atomic E-state index is -0.436. The predicted molar refractivity (Wildman–Crippen MR) is 100 cm³/mol. The van der Waals surface area contributed by atoms with Gasteiger partial charge in [-0.15, -0.1) is 0 Å². The lowest BCUT2D eigenvalue weighted by Gasteiger charge is -2.11. The predicted octanol–water partition coefficient (Wildman–Crippen LogP) is 4.21. The van der Waals surface area contributed by atoms with E-state index in [1.54, 1.807) is 12.1 Å². The van der Waals surface area contributed by atoms with Crippen LogP contribution in [0, 0.1) is 6.92 Å². The Morgan fingerprint density at radius 1 is 1.32 bits per heavy atom. The van der Waals surface area contributed by atoms with Gasteiger partial charge in [0.1, 0.15) is 0 Å². The molecule has 0 saturated heterocycles. The van der Waals surface area contributed by atoms with Crippen LogP contribution in [0.15, 0.2) is 41.5 Å². The maximum Gasteiger partial charge on any atom is 0.339 e. The third-order valence-electron chi connectivity index (χ3n) is 3.31. The van der Waals surface area contributed by atoms with Crippen molar-refractivity contribution in [2.45, 2.75) is 13.8 Å². The first-order valence-electron chi connectivity index (χ1n) is 7.71. The Kier molecular flexibility index (Phi) is 6.65. The van der Waals surface area contributed by atoms with Gasteiger partial charge in [-0.2, -0.15) is 5.10 Å². The summed E-state index contributed by atoms with van der Waals surface area (Å²) in [6.07, 6.45) is 1.47. The maximum atomic E-state index is 11.9. The summed E-state index contributed by atoms with van der Waals surface area (Å²) >= 11 is 6.19. The molecule has 0 radical (unpaired) electrons. The fourth-order valence-electron chi connectivity index (χ4n) is 2.13. The minimum Gasteiger partial charge on any atom is -0.493 e. The quantitative estimate of drug-likeness (QED) is 0.598. The first kappa shape index (κ1) is 18.6. The lowest BCUT2D eigenvalue weighted by atomic mass is 10.2. The molecule has 2 aromatic rings. The third-order valence-corrected chi connectivity index (χ3v) is 3.59. The fourth-order valence-corrected chi connectivity index (χ4v) is 2.40. The van der Waals surface area contributed by atoms with Crippen molar-refractivity contribution in [1.29, 1.82) is 0 Å². The van der Waals surface area contributed by atoms with Gasteiger partial charge in [-0.05, 0) is 43.2 Å². The summed E-state index contributed by atoms with van der Waals surface area (Å²) in [5.74, 6) is 0.981. The average Bonchev–Trinajstić information content (AvgIpc) is 2.59. The van der Waals surface area contributed by atoms with Crippen LogP contribution >= 0.6 is 11.6 Å². The molecule has 0 heterocycles. The van der Waals surface area contributed by atoms with Gasteiger partial charge in [0.15, 0.2) is 11.5 Å². The Balaban J connectivity index is 2.03. The van der Waals surface area contributed by atoms with E-state index in [0.717, 1.165) is 11.3 Å². The van der Waals surface area contributed by atoms with Gasteiger partial charge in [0.2, 0.25) is 0 Å². The molecule has 2 rings (SSSR count). The van der Waals surface area contributed by atoms with Crippen LogP contribution < -0.4 is 20.2 Å². The molecule has 0 aromatic heterocycles. The summed E-state index contributed by atoms with van der Waals surface area (Å²) in [5, 5.41) is 7.05. The highest BCUT2D eigenvalue weighted by atomic mass is 35.5. The zero-order valence-corrected chi connectivity index (χ0v) is 15.1. The summed E-state index contributed by atoms with van der Waals surface area (Å²) < 4.78 is 10.7. The standard InChI is InChI=1S/C18H20ClN3O3/c1-4-25-17-14(19)9-13(10-16(17)24-3)11-20-22-18(23)21-15-8-6-5-7-12(15)2/h5-11H,4H2,1-3H3,(H2,21,22,23). The molecule has 0 unspecified atom stereocenters. The Labute approximate surface area is 151 Å². The highest BCUT2D eigenvalue weighted by Gasteiger charge is 2.11. The molecule has 0 saturated carbocycles. The molecular weight excluding hydrogens is 342 g/mol. The number of urea groups is 1. The summed E-state index contributed by atoms with van der Waals surface area (Å²) in [6.45, 7) is 4.25. The van der Waals surface area contributed by atoms with Crippen LogP contribution in [0.2, 0.25) is 5.02 Å². The van der Waals surface area contributed by atoms with Crippen molar-refractivity contribution >= 4 is 29.5 Å². The molecule has 0 fully saturated rings. The Bertz CT molecular complexity index is 778. The van der Waals surface area contributed by atoms with E-state index in [0.29, 0.717) is 28.7 Å². The number of aryl methyl sites for hydroxylation is 1. The highest BCUT2D eigenvalue weighted by molar-refractivity contribution is 6.32. The summed E-state index contributed by atoms with van der Waals surface area (Å²) in [5.41, 5.74) is 4.76. The van der Waals surface area contributed by atoms with E-state index >= 15 is 0 Å². The lowest BCUT2D eigenvalue weighted by molar-refractivity contribution is 0.252. The zero-order valence-electron chi connectivity index (χ0n) is 14.3. The molecule has 0 aliphatic rings. The number of anilines is 1. The smallest absolute Gasteiger partial charge is 0.339 e. The van der Waals surface area contributed by atoms with E-state index in [1.165, 1.54) is 13.3 Å². The van der Waals surface area contributed by atoms with E-state index in [1.807, 2.05) is 38.1 Å². The molecular formula is C18H20ClN3O3. The Morgan fingerprint density at radius 2 is 2.08 bits per heavy atom. The van der Waals surface area contributed by atoms with Crippen molar-refractivity contribution in [2.75, 3.05) is 19.0 Å². The lowest BCUT2D eigenvalue weighted by Crippen LogP contribution is -2.24. The molecule has 0 aliphatic carbocycles. The zero-order chi connectivity index (χ0) is 18.2. The second kappa shape index (κ2) is 8.94. The number of carbonyl (C=O) groups is 1. The molecule has 132 valence electrons. The van der Waals surface area contributed by atoms with Crippen LogP contribution in [0.4, 0.5) is 10.5 Å². The van der Waals surface area contributed by atoms with Crippen LogP contribution in [0.5, 0.6) is 11.5 Å². The van der Waals surface area contributed by atoms with E-state index in [9.17, 15) is 4.79 Å². The summed E-state index contributed by atoms with van der Waals surface area (Å²) in [7, 11) is 1.53. The van der Waals surface area contributed by atoms with E-state index in [2.05, 4.69) is 15.8 Å². The van der Waals surface area contributed by atoms with Gasteiger partial charge in [0.05, 0.1) is 25.0 Å². The number of rotatable bonds is 6. The minimum absolute atomic E-state index is 0.409. The van der Waals surface area contributed by atoms with E-state index < -0.39 is 6.03 Å². The number of nitrogens with zero attached hydrogens (tertiary/aromatic N) is 1. The number of hydrazone groups is 1. The van der Waals surface area contributed by atoms with E-state index in [4.69, 9.17) is 21.1 Å². The van der Waals surface area contributed by atoms with Crippen molar-refractivity contribution in [1.82, 2.24) is 5.43 Å². The second-order valence-electron chi connectivity index (χ2n) is 5.11. The number of benzene rings is 2. The van der Waals surface area contributed by atoms with Crippen molar-refractivity contribution in [3.05, 3.63) is 52.5 Å². The number of hydrogen-bond acceptors (Lipinski definition) is 4. The van der Waals surface area contributed by atoms with Crippen molar-refractivity contribution in [2.24, 2.45) is 5.10 Å². The number of nitrogens with one attached hydrogen (secondary N) is 2. The highest BCUT2D eigenvalue weighted by Crippen LogP contribution is 2.35. The summed E-state index contributed by atoms with van der Waals surface area (Å²) in [6, 6.07) is 10.4. The van der Waals surface area contributed by atoms with Crippen LogP contribution in [0.3, 0.4) is 0 Å². The molecule has 0 bridgehead atoms. The molecule has 2 amide bonds. The van der Waals surface area contributed by atoms with Gasteiger partial charge in [-0.3, -0.25) is 0 Å². The SMILES string of the molecule is CCOc1c(Cl)cc(C=NNC(=O)Nc2ccccc2C)cc1OC. The molecule has 7 heteroatoms. The normalized spacial score (nSPS) is 10.6. The van der Waals surface area contributed by atoms with Crippen LogP contribution in [-0.4, -0.2) is 26.0 Å². The van der Waals surface area contributed by atoms with Crippen LogP contribution in [-0.2, 0) is 0 Å². The Hall–Kier alpha value is -2.73. The van der Waals surface area contributed by atoms with Gasteiger partial charge in [0, 0.05) is 5.69 Å². The molecule has 0 spiro atoms. The number of ether oxygens (including phenoxy) is 2. The molecule has 0 atom stereocenters. The summed E-state index contributed by atoms with van der Waals surface area (Å²) in [4.78, 5) is 11.9. The van der Waals surface area contributed by atoms with Gasteiger partial charge in [0.25, 0.3) is 0 Å². The topological polar surface area (TPSA) is 72.0 Å². The number of methoxy groups -OCH3 is 1. The Morgan fingerprint density at radius 3 is 2.76 bits per heavy atom. The van der Waals surface area contributed by atoms with Crippen molar-refractivity contribution in [3.8, 4) is 11.5 Å². The van der Waals surface area contributed by atoms with Gasteiger partial charge < -0.3 is 14.8 Å². The molecule has 25 heavy (non-hydrogen) atoms.